The van der Waals surface area contributed by atoms with Gasteiger partial charge in [-0.15, -0.1) is 0 Å². The second-order valence-electron chi connectivity index (χ2n) is 5.63. The molecule has 1 aliphatic heterocycles. The zero-order valence-electron chi connectivity index (χ0n) is 14.1. The number of ether oxygens (including phenoxy) is 2. The molecule has 1 atom stereocenters. The van der Waals surface area contributed by atoms with E-state index in [9.17, 15) is 9.59 Å². The summed E-state index contributed by atoms with van der Waals surface area (Å²) in [6, 6.07) is 9.03. The minimum absolute atomic E-state index is 0.0121. The Morgan fingerprint density at radius 3 is 2.38 bits per heavy atom. The van der Waals surface area contributed by atoms with Crippen LogP contribution >= 0.6 is 23.2 Å². The normalized spacial score (nSPS) is 16.8. The first-order valence-corrected chi connectivity index (χ1v) is 8.50. The molecule has 0 spiro atoms. The molecule has 1 aliphatic rings. The van der Waals surface area contributed by atoms with Crippen molar-refractivity contribution in [1.82, 2.24) is 0 Å². The molecule has 1 saturated heterocycles. The second-order valence-corrected chi connectivity index (χ2v) is 6.48. The van der Waals surface area contributed by atoms with Crippen molar-refractivity contribution in [1.29, 1.82) is 0 Å². The molecule has 8 heteroatoms. The Morgan fingerprint density at radius 2 is 1.73 bits per heavy atom. The lowest BCUT2D eigenvalue weighted by Crippen LogP contribution is -2.34. The summed E-state index contributed by atoms with van der Waals surface area (Å²) in [6.07, 6.45) is 0.0121. The van der Waals surface area contributed by atoms with Gasteiger partial charge in [-0.2, -0.15) is 0 Å². The highest BCUT2D eigenvalue weighted by molar-refractivity contribution is 6.33. The largest absolute Gasteiger partial charge is 0.495 e. The van der Waals surface area contributed by atoms with Crippen LogP contribution in [0.2, 0.25) is 10.0 Å². The van der Waals surface area contributed by atoms with Gasteiger partial charge in [-0.05, 0) is 36.4 Å². The molecular formula is C18H16Cl2N2O4. The first-order valence-electron chi connectivity index (χ1n) is 7.75. The summed E-state index contributed by atoms with van der Waals surface area (Å²) in [5.74, 6) is 0.293. The van der Waals surface area contributed by atoms with Crippen LogP contribution < -0.4 is 19.7 Å². The van der Waals surface area contributed by atoms with E-state index in [0.29, 0.717) is 32.9 Å². The van der Waals surface area contributed by atoms with Crippen molar-refractivity contribution >= 4 is 46.4 Å². The predicted octanol–water partition coefficient (Wildman–Crippen LogP) is 3.75. The van der Waals surface area contributed by atoms with Gasteiger partial charge in [0.15, 0.2) is 0 Å². The summed E-state index contributed by atoms with van der Waals surface area (Å²) in [6.45, 7) is 0. The summed E-state index contributed by atoms with van der Waals surface area (Å²) in [5, 5.41) is 3.85. The van der Waals surface area contributed by atoms with Crippen LogP contribution in [0.3, 0.4) is 0 Å². The van der Waals surface area contributed by atoms with Crippen molar-refractivity contribution in [2.45, 2.75) is 12.5 Å². The average molecular weight is 395 g/mol. The number of anilines is 2. The van der Waals surface area contributed by atoms with Crippen molar-refractivity contribution in [3.8, 4) is 11.5 Å². The van der Waals surface area contributed by atoms with Crippen molar-refractivity contribution < 1.29 is 19.1 Å². The Bertz CT molecular complexity index is 872. The van der Waals surface area contributed by atoms with E-state index in [-0.39, 0.29) is 18.2 Å². The number of nitrogens with zero attached hydrogens (tertiary/aromatic N) is 1. The van der Waals surface area contributed by atoms with E-state index in [1.54, 1.807) is 30.3 Å². The number of benzene rings is 2. The SMILES string of the molecule is COc1ccc(N2C(=O)C[C@H](Nc3cc(Cl)ccc3OC)C2=O)cc1Cl. The maximum absolute atomic E-state index is 12.8. The molecule has 1 N–H and O–H groups in total. The van der Waals surface area contributed by atoms with Crippen LogP contribution in [0.5, 0.6) is 11.5 Å². The Labute approximate surface area is 160 Å². The fourth-order valence-electron chi connectivity index (χ4n) is 2.79. The quantitative estimate of drug-likeness (QED) is 0.781. The van der Waals surface area contributed by atoms with Crippen LogP contribution in [0.25, 0.3) is 0 Å². The van der Waals surface area contributed by atoms with Gasteiger partial charge in [-0.1, -0.05) is 23.2 Å². The van der Waals surface area contributed by atoms with Gasteiger partial charge < -0.3 is 14.8 Å². The molecule has 26 heavy (non-hydrogen) atoms. The van der Waals surface area contributed by atoms with E-state index in [4.69, 9.17) is 32.7 Å². The molecule has 0 aliphatic carbocycles. The lowest BCUT2D eigenvalue weighted by Gasteiger charge is -2.18. The second kappa shape index (κ2) is 7.43. The fourth-order valence-corrected chi connectivity index (χ4v) is 3.22. The zero-order chi connectivity index (χ0) is 18.8. The number of carbonyl (C=O) groups excluding carboxylic acids is 2. The number of hydrogen-bond donors (Lipinski definition) is 1. The molecule has 0 saturated carbocycles. The van der Waals surface area contributed by atoms with Gasteiger partial charge in [0.2, 0.25) is 5.91 Å². The maximum atomic E-state index is 12.8. The number of hydrogen-bond acceptors (Lipinski definition) is 5. The molecule has 1 heterocycles. The molecule has 136 valence electrons. The summed E-state index contributed by atoms with van der Waals surface area (Å²) >= 11 is 12.1. The highest BCUT2D eigenvalue weighted by Crippen LogP contribution is 2.34. The van der Waals surface area contributed by atoms with Gasteiger partial charge in [-0.3, -0.25) is 9.59 Å². The number of halogens is 2. The molecule has 0 aromatic heterocycles. The molecule has 2 aromatic rings. The van der Waals surface area contributed by atoms with Gasteiger partial charge >= 0.3 is 0 Å². The maximum Gasteiger partial charge on any atom is 0.256 e. The van der Waals surface area contributed by atoms with Crippen LogP contribution in [0, 0.1) is 0 Å². The minimum Gasteiger partial charge on any atom is -0.495 e. The van der Waals surface area contributed by atoms with Crippen LogP contribution in [0.4, 0.5) is 11.4 Å². The molecule has 2 aromatic carbocycles. The Hall–Kier alpha value is -2.44. The minimum atomic E-state index is -0.726. The molecule has 2 amide bonds. The molecule has 0 bridgehead atoms. The van der Waals surface area contributed by atoms with Crippen LogP contribution in [0.1, 0.15) is 6.42 Å². The number of methoxy groups -OCH3 is 2. The summed E-state index contributed by atoms with van der Waals surface area (Å²) in [7, 11) is 3.01. The molecule has 0 radical (unpaired) electrons. The van der Waals surface area contributed by atoms with E-state index in [1.807, 2.05) is 0 Å². The van der Waals surface area contributed by atoms with Gasteiger partial charge in [-0.25, -0.2) is 4.90 Å². The molecule has 0 unspecified atom stereocenters. The van der Waals surface area contributed by atoms with Crippen molar-refractivity contribution in [3.63, 3.8) is 0 Å². The predicted molar refractivity (Wildman–Crippen MR) is 101 cm³/mol. The summed E-state index contributed by atoms with van der Waals surface area (Å²) < 4.78 is 10.4. The van der Waals surface area contributed by atoms with E-state index >= 15 is 0 Å². The molecule has 6 nitrogen and oxygen atoms in total. The van der Waals surface area contributed by atoms with Crippen LogP contribution in [0.15, 0.2) is 36.4 Å². The third kappa shape index (κ3) is 3.43. The van der Waals surface area contributed by atoms with E-state index in [2.05, 4.69) is 5.32 Å². The van der Waals surface area contributed by atoms with Gasteiger partial charge in [0.05, 0.1) is 37.0 Å². The van der Waals surface area contributed by atoms with E-state index < -0.39 is 6.04 Å². The number of amides is 2. The third-order valence-electron chi connectivity index (χ3n) is 4.03. The highest BCUT2D eigenvalue weighted by atomic mass is 35.5. The fraction of sp³-hybridized carbons (Fsp3) is 0.222. The smallest absolute Gasteiger partial charge is 0.256 e. The van der Waals surface area contributed by atoms with E-state index in [0.717, 1.165) is 4.90 Å². The lowest BCUT2D eigenvalue weighted by molar-refractivity contribution is -0.121. The van der Waals surface area contributed by atoms with Crippen molar-refractivity contribution in [3.05, 3.63) is 46.4 Å². The van der Waals surface area contributed by atoms with Gasteiger partial charge in [0.25, 0.3) is 5.91 Å². The Balaban J connectivity index is 1.85. The number of imide groups is 1. The first-order chi connectivity index (χ1) is 12.4. The van der Waals surface area contributed by atoms with Crippen LogP contribution in [-0.4, -0.2) is 32.1 Å². The average Bonchev–Trinajstić information content (AvgIpc) is 2.88. The van der Waals surface area contributed by atoms with Gasteiger partial charge in [0, 0.05) is 5.02 Å². The highest BCUT2D eigenvalue weighted by Gasteiger charge is 2.40. The summed E-state index contributed by atoms with van der Waals surface area (Å²) in [5.41, 5.74) is 0.939. The van der Waals surface area contributed by atoms with Crippen molar-refractivity contribution in [2.75, 3.05) is 24.4 Å². The van der Waals surface area contributed by atoms with Gasteiger partial charge in [0.1, 0.15) is 17.5 Å². The van der Waals surface area contributed by atoms with E-state index in [1.165, 1.54) is 20.3 Å². The van der Waals surface area contributed by atoms with Crippen LogP contribution in [-0.2, 0) is 9.59 Å². The lowest BCUT2D eigenvalue weighted by atomic mass is 10.2. The molecular weight excluding hydrogens is 379 g/mol. The standard InChI is InChI=1S/C18H16Cl2N2O4/c1-25-15-6-4-11(8-12(15)20)22-17(23)9-14(18(22)24)21-13-7-10(19)3-5-16(13)26-2/h3-8,14,21H,9H2,1-2H3/t14-/m0/s1. The summed E-state index contributed by atoms with van der Waals surface area (Å²) in [4.78, 5) is 26.3. The first kappa shape index (κ1) is 18.4. The third-order valence-corrected chi connectivity index (χ3v) is 4.56. The topological polar surface area (TPSA) is 67.9 Å². The Kier molecular flexibility index (Phi) is 5.25. The number of nitrogens with one attached hydrogen (secondary N) is 1. The zero-order valence-corrected chi connectivity index (χ0v) is 15.6. The molecule has 1 fully saturated rings. The molecule has 3 rings (SSSR count). The number of carbonyl (C=O) groups is 2. The Morgan fingerprint density at radius 1 is 1.04 bits per heavy atom. The van der Waals surface area contributed by atoms with Crippen molar-refractivity contribution in [2.24, 2.45) is 0 Å². The number of rotatable bonds is 5. The monoisotopic (exact) mass is 394 g/mol.